The van der Waals surface area contributed by atoms with Gasteiger partial charge >= 0.3 is 5.69 Å². The summed E-state index contributed by atoms with van der Waals surface area (Å²) in [6, 6.07) is 16.9. The van der Waals surface area contributed by atoms with E-state index in [1.165, 1.54) is 11.6 Å². The SMILES string of the molecule is N#Cc1cccc(NC2CC2c2ccccc2)c1[N+](=O)[O-]. The topological polar surface area (TPSA) is 79.0 Å². The van der Waals surface area contributed by atoms with Crippen LogP contribution in [0.4, 0.5) is 11.4 Å². The third-order valence-electron chi connectivity index (χ3n) is 3.70. The average Bonchev–Trinajstić information content (AvgIpc) is 3.26. The first-order chi connectivity index (χ1) is 10.2. The van der Waals surface area contributed by atoms with E-state index < -0.39 is 4.92 Å². The van der Waals surface area contributed by atoms with Crippen LogP contribution in [0.1, 0.15) is 23.5 Å². The first kappa shape index (κ1) is 13.1. The van der Waals surface area contributed by atoms with Crippen molar-refractivity contribution < 1.29 is 4.92 Å². The Hall–Kier alpha value is -2.87. The third kappa shape index (κ3) is 2.56. The smallest absolute Gasteiger partial charge is 0.309 e. The first-order valence-corrected chi connectivity index (χ1v) is 6.69. The molecule has 1 saturated carbocycles. The van der Waals surface area contributed by atoms with E-state index in [4.69, 9.17) is 5.26 Å². The molecule has 0 spiro atoms. The van der Waals surface area contributed by atoms with Gasteiger partial charge in [-0.2, -0.15) is 5.26 Å². The van der Waals surface area contributed by atoms with Gasteiger partial charge in [0, 0.05) is 12.0 Å². The molecular weight excluding hydrogens is 266 g/mol. The van der Waals surface area contributed by atoms with Gasteiger partial charge in [0.2, 0.25) is 0 Å². The van der Waals surface area contributed by atoms with Crippen molar-refractivity contribution in [1.82, 2.24) is 0 Å². The van der Waals surface area contributed by atoms with Crippen molar-refractivity contribution in [3.8, 4) is 6.07 Å². The van der Waals surface area contributed by atoms with Crippen LogP contribution in [0.15, 0.2) is 48.5 Å². The molecule has 0 radical (unpaired) electrons. The zero-order chi connectivity index (χ0) is 14.8. The standard InChI is InChI=1S/C16H13N3O2/c17-10-12-7-4-8-14(16(12)19(20)21)18-15-9-13(15)11-5-2-1-3-6-11/h1-8,13,15,18H,9H2. The minimum Gasteiger partial charge on any atom is -0.376 e. The lowest BCUT2D eigenvalue weighted by molar-refractivity contribution is -0.384. The average molecular weight is 279 g/mol. The summed E-state index contributed by atoms with van der Waals surface area (Å²) in [6.07, 6.45) is 0.942. The molecule has 2 aromatic carbocycles. The minimum atomic E-state index is -0.499. The zero-order valence-electron chi connectivity index (χ0n) is 11.2. The lowest BCUT2D eigenvalue weighted by Crippen LogP contribution is -2.07. The van der Waals surface area contributed by atoms with Gasteiger partial charge in [0.05, 0.1) is 4.92 Å². The molecule has 104 valence electrons. The number of nitro benzene ring substituents is 1. The van der Waals surface area contributed by atoms with E-state index in [-0.39, 0.29) is 17.3 Å². The Morgan fingerprint density at radius 3 is 2.62 bits per heavy atom. The van der Waals surface area contributed by atoms with Gasteiger partial charge < -0.3 is 5.32 Å². The van der Waals surface area contributed by atoms with Gasteiger partial charge in [0.1, 0.15) is 17.3 Å². The summed E-state index contributed by atoms with van der Waals surface area (Å²) in [5.41, 5.74) is 1.59. The molecule has 5 nitrogen and oxygen atoms in total. The zero-order valence-corrected chi connectivity index (χ0v) is 11.2. The fourth-order valence-corrected chi connectivity index (χ4v) is 2.57. The molecule has 5 heteroatoms. The van der Waals surface area contributed by atoms with Crippen LogP contribution >= 0.6 is 0 Å². The highest BCUT2D eigenvalue weighted by molar-refractivity contribution is 5.69. The number of nitro groups is 1. The van der Waals surface area contributed by atoms with Crippen molar-refractivity contribution in [2.45, 2.75) is 18.4 Å². The Balaban J connectivity index is 1.82. The molecule has 2 aromatic rings. The van der Waals surface area contributed by atoms with Gasteiger partial charge in [0.25, 0.3) is 0 Å². The molecule has 0 heterocycles. The molecule has 1 N–H and O–H groups in total. The Bertz CT molecular complexity index is 722. The maximum atomic E-state index is 11.2. The van der Waals surface area contributed by atoms with Crippen molar-refractivity contribution in [2.24, 2.45) is 0 Å². The van der Waals surface area contributed by atoms with Crippen molar-refractivity contribution in [3.63, 3.8) is 0 Å². The molecule has 3 rings (SSSR count). The molecule has 2 atom stereocenters. The van der Waals surface area contributed by atoms with Crippen LogP contribution < -0.4 is 5.32 Å². The van der Waals surface area contributed by atoms with Crippen molar-refractivity contribution in [2.75, 3.05) is 5.32 Å². The van der Waals surface area contributed by atoms with Gasteiger partial charge in [-0.25, -0.2) is 0 Å². The van der Waals surface area contributed by atoms with E-state index in [0.717, 1.165) is 6.42 Å². The molecule has 0 aliphatic heterocycles. The summed E-state index contributed by atoms with van der Waals surface area (Å²) in [5, 5.41) is 23.4. The summed E-state index contributed by atoms with van der Waals surface area (Å²) in [7, 11) is 0. The molecule has 0 aromatic heterocycles. The molecular formula is C16H13N3O2. The number of hydrogen-bond donors (Lipinski definition) is 1. The maximum absolute atomic E-state index is 11.2. The maximum Gasteiger partial charge on any atom is 0.309 e. The number of hydrogen-bond acceptors (Lipinski definition) is 4. The van der Waals surface area contributed by atoms with Crippen molar-refractivity contribution in [1.29, 1.82) is 5.26 Å². The Morgan fingerprint density at radius 1 is 1.19 bits per heavy atom. The summed E-state index contributed by atoms with van der Waals surface area (Å²) < 4.78 is 0. The molecule has 0 saturated heterocycles. The van der Waals surface area contributed by atoms with Crippen LogP contribution in [-0.4, -0.2) is 11.0 Å². The molecule has 1 aliphatic rings. The second-order valence-electron chi connectivity index (χ2n) is 5.07. The molecule has 21 heavy (non-hydrogen) atoms. The van der Waals surface area contributed by atoms with E-state index in [2.05, 4.69) is 17.4 Å². The second kappa shape index (κ2) is 5.25. The van der Waals surface area contributed by atoms with Crippen LogP contribution in [-0.2, 0) is 0 Å². The van der Waals surface area contributed by atoms with Gasteiger partial charge in [-0.3, -0.25) is 10.1 Å². The highest BCUT2D eigenvalue weighted by Gasteiger charge is 2.39. The molecule has 0 amide bonds. The van der Waals surface area contributed by atoms with Gasteiger partial charge in [-0.1, -0.05) is 36.4 Å². The Morgan fingerprint density at radius 2 is 1.95 bits per heavy atom. The number of nitriles is 1. The quantitative estimate of drug-likeness (QED) is 0.686. The summed E-state index contributed by atoms with van der Waals surface area (Å²) >= 11 is 0. The van der Waals surface area contributed by atoms with Crippen LogP contribution in [0.5, 0.6) is 0 Å². The van der Waals surface area contributed by atoms with Gasteiger partial charge in [-0.15, -0.1) is 0 Å². The Labute approximate surface area is 122 Å². The van der Waals surface area contributed by atoms with Gasteiger partial charge in [-0.05, 0) is 24.1 Å². The van der Waals surface area contributed by atoms with Crippen LogP contribution in [0, 0.1) is 21.4 Å². The Kier molecular flexibility index (Phi) is 3.28. The lowest BCUT2D eigenvalue weighted by Gasteiger charge is -2.07. The molecule has 0 bridgehead atoms. The summed E-state index contributed by atoms with van der Waals surface area (Å²) in [5.74, 6) is 0.372. The molecule has 1 fully saturated rings. The van der Waals surface area contributed by atoms with E-state index in [9.17, 15) is 10.1 Å². The fraction of sp³-hybridized carbons (Fsp3) is 0.188. The van der Waals surface area contributed by atoms with E-state index in [1.807, 2.05) is 24.3 Å². The van der Waals surface area contributed by atoms with Crippen LogP contribution in [0.3, 0.4) is 0 Å². The first-order valence-electron chi connectivity index (χ1n) is 6.69. The molecule has 1 aliphatic carbocycles. The van der Waals surface area contributed by atoms with E-state index >= 15 is 0 Å². The monoisotopic (exact) mass is 279 g/mol. The van der Waals surface area contributed by atoms with Crippen LogP contribution in [0.25, 0.3) is 0 Å². The predicted octanol–water partition coefficient (Wildman–Crippen LogP) is 3.43. The molecule has 2 unspecified atom stereocenters. The number of rotatable bonds is 4. The largest absolute Gasteiger partial charge is 0.376 e. The number of anilines is 1. The number of para-hydroxylation sites is 1. The number of benzene rings is 2. The summed E-state index contributed by atoms with van der Waals surface area (Å²) in [4.78, 5) is 10.7. The van der Waals surface area contributed by atoms with Crippen molar-refractivity contribution >= 4 is 11.4 Å². The summed E-state index contributed by atoms with van der Waals surface area (Å²) in [6.45, 7) is 0. The lowest BCUT2D eigenvalue weighted by atomic mass is 10.1. The second-order valence-corrected chi connectivity index (χ2v) is 5.07. The fourth-order valence-electron chi connectivity index (χ4n) is 2.57. The van der Waals surface area contributed by atoms with Crippen molar-refractivity contribution in [3.05, 3.63) is 69.8 Å². The minimum absolute atomic E-state index is 0.0851. The number of nitrogens with one attached hydrogen (secondary N) is 1. The van der Waals surface area contributed by atoms with E-state index in [1.54, 1.807) is 12.1 Å². The number of nitrogens with zero attached hydrogens (tertiary/aromatic N) is 2. The highest BCUT2D eigenvalue weighted by Crippen LogP contribution is 2.44. The normalized spacial score (nSPS) is 19.6. The van der Waals surface area contributed by atoms with Crippen LogP contribution in [0.2, 0.25) is 0 Å². The predicted molar refractivity (Wildman–Crippen MR) is 79.0 cm³/mol. The van der Waals surface area contributed by atoms with Gasteiger partial charge in [0.15, 0.2) is 0 Å². The third-order valence-corrected chi connectivity index (χ3v) is 3.70. The highest BCUT2D eigenvalue weighted by atomic mass is 16.6. The van der Waals surface area contributed by atoms with E-state index in [0.29, 0.717) is 11.6 Å².